The molecule has 1 saturated heterocycles. The molecule has 4 rings (SSSR count). The molecule has 2 aliphatic rings. The number of rotatable bonds is 7. The summed E-state index contributed by atoms with van der Waals surface area (Å²) >= 11 is 0. The van der Waals surface area contributed by atoms with Gasteiger partial charge in [0, 0.05) is 37.2 Å². The summed E-state index contributed by atoms with van der Waals surface area (Å²) in [5, 5.41) is 11.1. The lowest BCUT2D eigenvalue weighted by molar-refractivity contribution is -0.137. The average molecular weight is 503 g/mol. The fourth-order valence-corrected chi connectivity index (χ4v) is 5.56. The number of carbonyl (C=O) groups is 2. The second kappa shape index (κ2) is 10.7. The van der Waals surface area contributed by atoms with E-state index in [2.05, 4.69) is 4.98 Å². The Kier molecular flexibility index (Phi) is 7.83. The van der Waals surface area contributed by atoms with Gasteiger partial charge in [-0.3, -0.25) is 14.6 Å². The maximum absolute atomic E-state index is 12.9. The molecule has 2 fully saturated rings. The minimum Gasteiger partial charge on any atom is -0.384 e. The van der Waals surface area contributed by atoms with Crippen molar-refractivity contribution in [1.82, 2.24) is 9.88 Å². The van der Waals surface area contributed by atoms with Gasteiger partial charge in [0.25, 0.3) is 0 Å². The van der Waals surface area contributed by atoms with Crippen LogP contribution in [-0.4, -0.2) is 39.8 Å². The number of aromatic nitrogens is 1. The first-order chi connectivity index (χ1) is 17.0. The van der Waals surface area contributed by atoms with Crippen LogP contribution in [0.5, 0.6) is 0 Å². The minimum absolute atomic E-state index is 0.00174. The Labute approximate surface area is 209 Å². The molecule has 1 atom stereocenters. The Balaban J connectivity index is 1.22. The highest BCUT2D eigenvalue weighted by Crippen LogP contribution is 2.41. The number of ketones is 1. The number of likely N-dealkylation sites (tertiary alicyclic amines) is 1. The van der Waals surface area contributed by atoms with Crippen molar-refractivity contribution >= 4 is 11.7 Å². The van der Waals surface area contributed by atoms with E-state index in [1.54, 1.807) is 4.90 Å². The predicted octanol–water partition coefficient (Wildman–Crippen LogP) is 5.69. The standard InChI is InChI=1S/C28H33F3N2O3/c1-19-4-2-7-25(32-19)27(36)13-10-20(11-14-27)16-21-12-15-33(18-21)26(35)9-8-24(34)22-5-3-6-23(17-22)28(29,30)31/h2-7,17,20-21,36H,8-16,18H2,1H3/t20?,21-,27?/m1/s1. The number of pyridine rings is 1. The summed E-state index contributed by atoms with van der Waals surface area (Å²) in [6.07, 6.45) is 0.507. The molecule has 2 aromatic rings. The third-order valence-electron chi connectivity index (χ3n) is 7.68. The molecule has 2 heterocycles. The van der Waals surface area contributed by atoms with Crippen molar-refractivity contribution in [2.45, 2.75) is 70.1 Å². The number of Topliss-reactive ketones (excluding diaryl/α,β-unsaturated/α-hetero) is 1. The average Bonchev–Trinajstić information content (AvgIpc) is 3.32. The largest absolute Gasteiger partial charge is 0.416 e. The van der Waals surface area contributed by atoms with E-state index in [-0.39, 0.29) is 24.3 Å². The van der Waals surface area contributed by atoms with Gasteiger partial charge in [0.15, 0.2) is 5.78 Å². The number of amides is 1. The Hall–Kier alpha value is -2.74. The normalized spacial score (nSPS) is 24.6. The van der Waals surface area contributed by atoms with Crippen molar-refractivity contribution in [3.63, 3.8) is 0 Å². The van der Waals surface area contributed by atoms with E-state index < -0.39 is 23.1 Å². The van der Waals surface area contributed by atoms with E-state index >= 15 is 0 Å². The summed E-state index contributed by atoms with van der Waals surface area (Å²) in [6.45, 7) is 3.22. The summed E-state index contributed by atoms with van der Waals surface area (Å²) in [4.78, 5) is 31.3. The van der Waals surface area contributed by atoms with Crippen LogP contribution in [0.3, 0.4) is 0 Å². The smallest absolute Gasteiger partial charge is 0.384 e. The van der Waals surface area contributed by atoms with Crippen LogP contribution in [0, 0.1) is 18.8 Å². The number of aryl methyl sites for hydroxylation is 1. The third kappa shape index (κ3) is 6.33. The number of benzene rings is 1. The maximum atomic E-state index is 12.9. The molecule has 0 unspecified atom stereocenters. The van der Waals surface area contributed by atoms with Crippen molar-refractivity contribution in [2.24, 2.45) is 11.8 Å². The Morgan fingerprint density at radius 3 is 2.47 bits per heavy atom. The highest BCUT2D eigenvalue weighted by molar-refractivity contribution is 5.98. The van der Waals surface area contributed by atoms with Gasteiger partial charge < -0.3 is 10.0 Å². The van der Waals surface area contributed by atoms with E-state index in [1.807, 2.05) is 25.1 Å². The van der Waals surface area contributed by atoms with Crippen LogP contribution in [0.1, 0.15) is 78.7 Å². The Bertz CT molecular complexity index is 1090. The van der Waals surface area contributed by atoms with Crippen LogP contribution in [0.25, 0.3) is 0 Å². The molecular formula is C28H33F3N2O3. The summed E-state index contributed by atoms with van der Waals surface area (Å²) < 4.78 is 38.7. The highest BCUT2D eigenvalue weighted by Gasteiger charge is 2.37. The number of halogens is 3. The number of hydrogen-bond donors (Lipinski definition) is 1. The first-order valence-electron chi connectivity index (χ1n) is 12.7. The molecule has 1 aromatic carbocycles. The molecule has 8 heteroatoms. The molecule has 1 amide bonds. The summed E-state index contributed by atoms with van der Waals surface area (Å²) in [5.74, 6) is 0.309. The number of carbonyl (C=O) groups excluding carboxylic acids is 2. The molecule has 1 N–H and O–H groups in total. The van der Waals surface area contributed by atoms with Gasteiger partial charge in [0.05, 0.1) is 11.3 Å². The first-order valence-corrected chi connectivity index (χ1v) is 12.7. The van der Waals surface area contributed by atoms with Crippen molar-refractivity contribution in [1.29, 1.82) is 0 Å². The molecule has 36 heavy (non-hydrogen) atoms. The van der Waals surface area contributed by atoms with Crippen LogP contribution in [0.2, 0.25) is 0 Å². The van der Waals surface area contributed by atoms with E-state index in [1.165, 1.54) is 12.1 Å². The summed E-state index contributed by atoms with van der Waals surface area (Å²) in [7, 11) is 0. The van der Waals surface area contributed by atoms with Crippen molar-refractivity contribution in [3.8, 4) is 0 Å². The molecule has 194 valence electrons. The van der Waals surface area contributed by atoms with E-state index in [4.69, 9.17) is 0 Å². The molecule has 1 aliphatic carbocycles. The topological polar surface area (TPSA) is 70.5 Å². The number of aliphatic hydroxyl groups is 1. The van der Waals surface area contributed by atoms with Crippen LogP contribution < -0.4 is 0 Å². The van der Waals surface area contributed by atoms with E-state index in [0.29, 0.717) is 37.8 Å². The molecule has 1 saturated carbocycles. The molecule has 1 aliphatic heterocycles. The SMILES string of the molecule is Cc1cccc(C2(O)CCC(C[C@H]3CCN(C(=O)CCC(=O)c4cccc(C(F)(F)F)c4)C3)CC2)n1. The van der Waals surface area contributed by atoms with Crippen LogP contribution in [-0.2, 0) is 16.6 Å². The molecule has 0 radical (unpaired) electrons. The Morgan fingerprint density at radius 2 is 1.78 bits per heavy atom. The summed E-state index contributed by atoms with van der Waals surface area (Å²) in [6, 6.07) is 10.1. The van der Waals surface area contributed by atoms with Gasteiger partial charge in [-0.15, -0.1) is 0 Å². The second-order valence-electron chi connectivity index (χ2n) is 10.4. The maximum Gasteiger partial charge on any atom is 0.416 e. The minimum atomic E-state index is -4.51. The Morgan fingerprint density at radius 1 is 1.06 bits per heavy atom. The molecular weight excluding hydrogens is 469 g/mol. The quantitative estimate of drug-likeness (QED) is 0.494. The van der Waals surface area contributed by atoms with E-state index in [9.17, 15) is 27.9 Å². The molecule has 0 bridgehead atoms. The molecule has 0 spiro atoms. The van der Waals surface area contributed by atoms with Crippen molar-refractivity contribution in [2.75, 3.05) is 13.1 Å². The lowest BCUT2D eigenvalue weighted by Crippen LogP contribution is -2.33. The van der Waals surface area contributed by atoms with Gasteiger partial charge in [0.2, 0.25) is 5.91 Å². The molecule has 1 aromatic heterocycles. The van der Waals surface area contributed by atoms with Gasteiger partial charge in [-0.05, 0) is 81.5 Å². The number of nitrogens with zero attached hydrogens (tertiary/aromatic N) is 2. The zero-order chi connectivity index (χ0) is 25.9. The fraction of sp³-hybridized carbons (Fsp3) is 0.536. The van der Waals surface area contributed by atoms with Gasteiger partial charge in [0.1, 0.15) is 5.60 Å². The van der Waals surface area contributed by atoms with Gasteiger partial charge in [-0.1, -0.05) is 18.2 Å². The lowest BCUT2D eigenvalue weighted by Gasteiger charge is -2.36. The highest BCUT2D eigenvalue weighted by atomic mass is 19.4. The van der Waals surface area contributed by atoms with Crippen molar-refractivity contribution in [3.05, 3.63) is 65.0 Å². The van der Waals surface area contributed by atoms with E-state index in [0.717, 1.165) is 49.2 Å². The van der Waals surface area contributed by atoms with Crippen molar-refractivity contribution < 1.29 is 27.9 Å². The second-order valence-corrected chi connectivity index (χ2v) is 10.4. The van der Waals surface area contributed by atoms with Crippen LogP contribution >= 0.6 is 0 Å². The summed E-state index contributed by atoms with van der Waals surface area (Å²) in [5.41, 5.74) is -0.103. The third-order valence-corrected chi connectivity index (χ3v) is 7.68. The van der Waals surface area contributed by atoms with Gasteiger partial charge >= 0.3 is 6.18 Å². The zero-order valence-corrected chi connectivity index (χ0v) is 20.6. The number of hydrogen-bond acceptors (Lipinski definition) is 4. The fourth-order valence-electron chi connectivity index (χ4n) is 5.56. The molecule has 5 nitrogen and oxygen atoms in total. The number of alkyl halides is 3. The van der Waals surface area contributed by atoms with Crippen LogP contribution in [0.15, 0.2) is 42.5 Å². The zero-order valence-electron chi connectivity index (χ0n) is 20.6. The monoisotopic (exact) mass is 502 g/mol. The first kappa shape index (κ1) is 26.3. The predicted molar refractivity (Wildman–Crippen MR) is 129 cm³/mol. The lowest BCUT2D eigenvalue weighted by atomic mass is 9.74. The van der Waals surface area contributed by atoms with Crippen LogP contribution in [0.4, 0.5) is 13.2 Å². The van der Waals surface area contributed by atoms with Gasteiger partial charge in [-0.2, -0.15) is 13.2 Å². The van der Waals surface area contributed by atoms with Gasteiger partial charge in [-0.25, -0.2) is 0 Å².